The smallest absolute Gasteiger partial charge is 0.352 e. The number of hydrogen-bond acceptors (Lipinski definition) is 2. The van der Waals surface area contributed by atoms with Gasteiger partial charge in [0.25, 0.3) is 0 Å². The van der Waals surface area contributed by atoms with Crippen molar-refractivity contribution in [2.24, 2.45) is 5.92 Å². The van der Waals surface area contributed by atoms with Crippen LogP contribution >= 0.6 is 22.6 Å². The summed E-state index contributed by atoms with van der Waals surface area (Å²) < 4.78 is 91.8. The van der Waals surface area contributed by atoms with E-state index in [-0.39, 0.29) is 23.5 Å². The van der Waals surface area contributed by atoms with Crippen molar-refractivity contribution in [3.8, 4) is 0 Å². The zero-order valence-corrected chi connectivity index (χ0v) is 18.7. The van der Waals surface area contributed by atoms with Crippen LogP contribution in [-0.4, -0.2) is 17.3 Å². The van der Waals surface area contributed by atoms with Gasteiger partial charge in [0.05, 0.1) is 23.8 Å². The standard InChI is InChI=1S/C22H21F6IO2/c1-13(16-9-17(21(23,24)25)11-18(10-16)22(26,27)28)31-20-19(14-5-3-2-4-6-14)15(12-29)7-8-30-20/h2-6,9-11,13,15,19-20H,7-8,12H2,1H3/t13-,15+,19+,20-/m1/s1. The fourth-order valence-corrected chi connectivity index (χ4v) is 4.72. The predicted octanol–water partition coefficient (Wildman–Crippen LogP) is 7.38. The van der Waals surface area contributed by atoms with E-state index in [9.17, 15) is 26.3 Å². The van der Waals surface area contributed by atoms with Crippen LogP contribution in [0, 0.1) is 5.92 Å². The molecule has 2 aromatic carbocycles. The van der Waals surface area contributed by atoms with E-state index in [4.69, 9.17) is 9.47 Å². The van der Waals surface area contributed by atoms with Crippen molar-refractivity contribution in [2.75, 3.05) is 11.0 Å². The SMILES string of the molecule is C[C@@H](O[C@H]1OCC[C@@H](CI)[C@@H]1c1ccccc1)c1cc(C(F)(F)F)cc(C(F)(F)F)c1. The average molecular weight is 558 g/mol. The van der Waals surface area contributed by atoms with Gasteiger partial charge >= 0.3 is 12.4 Å². The van der Waals surface area contributed by atoms with E-state index >= 15 is 0 Å². The van der Waals surface area contributed by atoms with Gasteiger partial charge in [-0.3, -0.25) is 0 Å². The average Bonchev–Trinajstić information content (AvgIpc) is 2.72. The lowest BCUT2D eigenvalue weighted by atomic mass is 9.83. The molecular formula is C22H21F6IO2. The van der Waals surface area contributed by atoms with Crippen molar-refractivity contribution >= 4 is 22.6 Å². The van der Waals surface area contributed by atoms with Crippen LogP contribution < -0.4 is 0 Å². The Kier molecular flexibility index (Phi) is 7.58. The monoisotopic (exact) mass is 558 g/mol. The van der Waals surface area contributed by atoms with Gasteiger partial charge < -0.3 is 9.47 Å². The number of ether oxygens (including phenoxy) is 2. The van der Waals surface area contributed by atoms with Gasteiger partial charge in [-0.05, 0) is 48.6 Å². The summed E-state index contributed by atoms with van der Waals surface area (Å²) in [6.07, 6.45) is -10.8. The molecule has 1 fully saturated rings. The Morgan fingerprint density at radius 1 is 1.00 bits per heavy atom. The predicted molar refractivity (Wildman–Crippen MR) is 112 cm³/mol. The summed E-state index contributed by atoms with van der Waals surface area (Å²) in [6.45, 7) is 1.85. The zero-order valence-electron chi connectivity index (χ0n) is 16.5. The number of halogens is 7. The fraction of sp³-hybridized carbons (Fsp3) is 0.455. The minimum Gasteiger partial charge on any atom is -0.352 e. The molecule has 0 unspecified atom stereocenters. The van der Waals surface area contributed by atoms with Gasteiger partial charge in [-0.1, -0.05) is 52.9 Å². The molecular weight excluding hydrogens is 537 g/mol. The number of benzene rings is 2. The normalized spacial score (nSPS) is 23.5. The summed E-state index contributed by atoms with van der Waals surface area (Å²) in [6, 6.07) is 11.0. The van der Waals surface area contributed by atoms with Gasteiger partial charge in [0.15, 0.2) is 6.29 Å². The molecule has 0 bridgehead atoms. The number of alkyl halides is 7. The number of hydrogen-bond donors (Lipinski definition) is 0. The molecule has 1 aliphatic rings. The Bertz CT molecular complexity index is 836. The first-order valence-electron chi connectivity index (χ1n) is 9.68. The van der Waals surface area contributed by atoms with Crippen LogP contribution in [-0.2, 0) is 21.8 Å². The molecule has 9 heteroatoms. The Balaban J connectivity index is 1.92. The minimum absolute atomic E-state index is 0.117. The van der Waals surface area contributed by atoms with E-state index in [1.165, 1.54) is 6.92 Å². The second-order valence-corrected chi connectivity index (χ2v) is 8.38. The lowest BCUT2D eigenvalue weighted by Gasteiger charge is -2.39. The summed E-state index contributed by atoms with van der Waals surface area (Å²) in [5, 5.41) is 0. The molecule has 0 N–H and O–H groups in total. The third-order valence-electron chi connectivity index (χ3n) is 5.37. The summed E-state index contributed by atoms with van der Waals surface area (Å²) in [7, 11) is 0. The topological polar surface area (TPSA) is 18.5 Å². The molecule has 170 valence electrons. The lowest BCUT2D eigenvalue weighted by molar-refractivity contribution is -0.207. The van der Waals surface area contributed by atoms with Gasteiger partial charge in [-0.2, -0.15) is 26.3 Å². The van der Waals surface area contributed by atoms with Crippen LogP contribution in [0.1, 0.15) is 47.6 Å². The van der Waals surface area contributed by atoms with Crippen LogP contribution in [0.25, 0.3) is 0 Å². The summed E-state index contributed by atoms with van der Waals surface area (Å²) >= 11 is 2.27. The first-order valence-corrected chi connectivity index (χ1v) is 11.2. The minimum atomic E-state index is -4.91. The molecule has 2 nitrogen and oxygen atoms in total. The van der Waals surface area contributed by atoms with Crippen molar-refractivity contribution in [2.45, 2.75) is 44.0 Å². The summed E-state index contributed by atoms with van der Waals surface area (Å²) in [5.74, 6) is 0.0309. The lowest BCUT2D eigenvalue weighted by Crippen LogP contribution is -2.38. The maximum Gasteiger partial charge on any atom is 0.416 e. The van der Waals surface area contributed by atoms with E-state index in [1.807, 2.05) is 30.3 Å². The van der Waals surface area contributed by atoms with Crippen LogP contribution in [0.4, 0.5) is 26.3 Å². The Labute approximate surface area is 190 Å². The first kappa shape index (κ1) is 24.3. The summed E-state index contributed by atoms with van der Waals surface area (Å²) in [5.41, 5.74) is -1.96. The zero-order chi connectivity index (χ0) is 22.8. The molecule has 0 spiro atoms. The molecule has 1 saturated heterocycles. The van der Waals surface area contributed by atoms with Gasteiger partial charge in [0, 0.05) is 10.3 Å². The van der Waals surface area contributed by atoms with Crippen molar-refractivity contribution in [1.29, 1.82) is 0 Å². The molecule has 0 aromatic heterocycles. The molecule has 0 saturated carbocycles. The largest absolute Gasteiger partial charge is 0.416 e. The van der Waals surface area contributed by atoms with Crippen molar-refractivity contribution in [3.63, 3.8) is 0 Å². The first-order chi connectivity index (χ1) is 14.5. The van der Waals surface area contributed by atoms with Gasteiger partial charge in [-0.15, -0.1) is 0 Å². The second-order valence-electron chi connectivity index (χ2n) is 7.50. The number of rotatable bonds is 5. The van der Waals surface area contributed by atoms with Crippen LogP contribution in [0.5, 0.6) is 0 Å². The fourth-order valence-electron chi connectivity index (χ4n) is 3.74. The van der Waals surface area contributed by atoms with E-state index in [1.54, 1.807) is 0 Å². The van der Waals surface area contributed by atoms with Crippen LogP contribution in [0.15, 0.2) is 48.5 Å². The maximum atomic E-state index is 13.2. The van der Waals surface area contributed by atoms with E-state index in [0.29, 0.717) is 18.7 Å². The van der Waals surface area contributed by atoms with Gasteiger partial charge in [0.1, 0.15) is 0 Å². The van der Waals surface area contributed by atoms with Crippen molar-refractivity contribution in [3.05, 3.63) is 70.8 Å². The van der Waals surface area contributed by atoms with E-state index < -0.39 is 35.9 Å². The quantitative estimate of drug-likeness (QED) is 0.217. The maximum absolute atomic E-state index is 13.2. The summed E-state index contributed by atoms with van der Waals surface area (Å²) in [4.78, 5) is 0. The van der Waals surface area contributed by atoms with Crippen molar-refractivity contribution < 1.29 is 35.8 Å². The highest BCUT2D eigenvalue weighted by Gasteiger charge is 2.39. The van der Waals surface area contributed by atoms with E-state index in [2.05, 4.69) is 22.6 Å². The highest BCUT2D eigenvalue weighted by atomic mass is 127. The third kappa shape index (κ3) is 5.92. The van der Waals surface area contributed by atoms with Gasteiger partial charge in [-0.25, -0.2) is 0 Å². The van der Waals surface area contributed by atoms with Gasteiger partial charge in [0.2, 0.25) is 0 Å². The Morgan fingerprint density at radius 2 is 1.58 bits per heavy atom. The Morgan fingerprint density at radius 3 is 2.10 bits per heavy atom. The Hall–Kier alpha value is -1.33. The van der Waals surface area contributed by atoms with Crippen molar-refractivity contribution in [1.82, 2.24) is 0 Å². The second kappa shape index (κ2) is 9.66. The van der Waals surface area contributed by atoms with E-state index in [0.717, 1.165) is 16.4 Å². The molecule has 31 heavy (non-hydrogen) atoms. The molecule has 0 radical (unpaired) electrons. The highest BCUT2D eigenvalue weighted by molar-refractivity contribution is 14.1. The van der Waals surface area contributed by atoms with Crippen LogP contribution in [0.2, 0.25) is 0 Å². The molecule has 1 aliphatic heterocycles. The molecule has 1 heterocycles. The van der Waals surface area contributed by atoms with Crippen LogP contribution in [0.3, 0.4) is 0 Å². The molecule has 0 amide bonds. The molecule has 2 aromatic rings. The molecule has 3 rings (SSSR count). The molecule has 0 aliphatic carbocycles. The highest BCUT2D eigenvalue weighted by Crippen LogP contribution is 2.41. The third-order valence-corrected chi connectivity index (χ3v) is 6.50. The molecule has 4 atom stereocenters.